The number of benzene rings is 3. The van der Waals surface area contributed by atoms with E-state index in [1.165, 1.54) is 41.7 Å². The highest BCUT2D eigenvalue weighted by atomic mass is 32.1. The van der Waals surface area contributed by atoms with Crippen molar-refractivity contribution in [3.8, 4) is 5.75 Å². The third-order valence-electron chi connectivity index (χ3n) is 6.33. The minimum absolute atomic E-state index is 0.0130. The lowest BCUT2D eigenvalue weighted by molar-refractivity contribution is 0.0879. The van der Waals surface area contributed by atoms with E-state index < -0.39 is 48.5 Å². The van der Waals surface area contributed by atoms with Crippen LogP contribution in [0.1, 0.15) is 41.5 Å². The Morgan fingerprint density at radius 2 is 1.71 bits per heavy atom. The van der Waals surface area contributed by atoms with Gasteiger partial charge < -0.3 is 30.9 Å². The Bertz CT molecular complexity index is 1640. The third-order valence-corrected chi connectivity index (χ3v) is 7.20. The van der Waals surface area contributed by atoms with Gasteiger partial charge in [0.25, 0.3) is 11.8 Å². The molecule has 0 radical (unpaired) electrons. The van der Waals surface area contributed by atoms with Gasteiger partial charge in [0.1, 0.15) is 24.0 Å². The van der Waals surface area contributed by atoms with Gasteiger partial charge in [-0.15, -0.1) is 11.3 Å². The molecular formula is C29H23F2N3O6S. The zero-order chi connectivity index (χ0) is 29.1. The van der Waals surface area contributed by atoms with Crippen molar-refractivity contribution < 1.29 is 38.1 Å². The number of rotatable bonds is 8. The summed E-state index contributed by atoms with van der Waals surface area (Å²) >= 11 is 1.18. The van der Waals surface area contributed by atoms with Crippen LogP contribution in [0.4, 0.5) is 25.8 Å². The average Bonchev–Trinajstić information content (AvgIpc) is 3.48. The highest BCUT2D eigenvalue weighted by Crippen LogP contribution is 2.34. The average molecular weight is 580 g/mol. The van der Waals surface area contributed by atoms with Crippen LogP contribution < -0.4 is 20.7 Å². The molecule has 41 heavy (non-hydrogen) atoms. The predicted octanol–water partition coefficient (Wildman–Crippen LogP) is 4.23. The third kappa shape index (κ3) is 5.94. The molecule has 4 aromatic rings. The number of carbonyl (C=O) groups is 3. The SMILES string of the molecule is O=C(NC(CO)CO)c1ccc2c(c1)C(=O)c1ccc(Nc3cc(NC(=O)c4cccs4)c(F)cc3F)cc1OC2. The zero-order valence-corrected chi connectivity index (χ0v) is 22.1. The van der Waals surface area contributed by atoms with E-state index in [0.29, 0.717) is 22.2 Å². The van der Waals surface area contributed by atoms with Crippen LogP contribution in [-0.2, 0) is 6.61 Å². The van der Waals surface area contributed by atoms with Crippen molar-refractivity contribution in [2.75, 3.05) is 23.8 Å². The van der Waals surface area contributed by atoms with Crippen LogP contribution in [0.25, 0.3) is 0 Å². The molecule has 9 nitrogen and oxygen atoms in total. The highest BCUT2D eigenvalue weighted by molar-refractivity contribution is 7.12. The van der Waals surface area contributed by atoms with Gasteiger partial charge in [0.2, 0.25) is 0 Å². The molecule has 0 bridgehead atoms. The number of thiophene rings is 1. The first-order valence-electron chi connectivity index (χ1n) is 12.4. The van der Waals surface area contributed by atoms with Gasteiger partial charge in [0, 0.05) is 34.5 Å². The smallest absolute Gasteiger partial charge is 0.265 e. The molecular weight excluding hydrogens is 556 g/mol. The minimum Gasteiger partial charge on any atom is -0.488 e. The second-order valence-corrected chi connectivity index (χ2v) is 10.1. The highest BCUT2D eigenvalue weighted by Gasteiger charge is 2.25. The molecule has 0 saturated carbocycles. The van der Waals surface area contributed by atoms with Gasteiger partial charge in [-0.25, -0.2) is 8.78 Å². The summed E-state index contributed by atoms with van der Waals surface area (Å²) in [6.07, 6.45) is 0. The predicted molar refractivity (Wildman–Crippen MR) is 148 cm³/mol. The lowest BCUT2D eigenvalue weighted by Gasteiger charge is -2.14. The first-order valence-corrected chi connectivity index (χ1v) is 13.2. The van der Waals surface area contributed by atoms with E-state index in [1.54, 1.807) is 23.6 Å². The molecule has 0 unspecified atom stereocenters. The van der Waals surface area contributed by atoms with Crippen molar-refractivity contribution in [2.24, 2.45) is 0 Å². The number of amides is 2. The summed E-state index contributed by atoms with van der Waals surface area (Å²) in [5.41, 5.74) is 1.16. The fourth-order valence-electron chi connectivity index (χ4n) is 4.17. The summed E-state index contributed by atoms with van der Waals surface area (Å²) in [7, 11) is 0. The molecule has 1 aromatic heterocycles. The maximum atomic E-state index is 14.6. The van der Waals surface area contributed by atoms with Gasteiger partial charge in [0.15, 0.2) is 5.78 Å². The number of ketones is 1. The summed E-state index contributed by atoms with van der Waals surface area (Å²) in [5, 5.41) is 27.9. The van der Waals surface area contributed by atoms with Crippen LogP contribution in [0.15, 0.2) is 66.0 Å². The zero-order valence-electron chi connectivity index (χ0n) is 21.2. The number of hydrogen-bond acceptors (Lipinski definition) is 8. The topological polar surface area (TPSA) is 137 Å². The van der Waals surface area contributed by atoms with Crippen molar-refractivity contribution in [1.82, 2.24) is 5.32 Å². The van der Waals surface area contributed by atoms with Gasteiger partial charge in [0.05, 0.1) is 41.1 Å². The number of aliphatic hydroxyl groups is 2. The molecule has 0 spiro atoms. The largest absolute Gasteiger partial charge is 0.488 e. The summed E-state index contributed by atoms with van der Waals surface area (Å²) in [4.78, 5) is 38.7. The van der Waals surface area contributed by atoms with Gasteiger partial charge >= 0.3 is 0 Å². The van der Waals surface area contributed by atoms with E-state index in [2.05, 4.69) is 16.0 Å². The van der Waals surface area contributed by atoms with Crippen molar-refractivity contribution in [2.45, 2.75) is 12.6 Å². The molecule has 12 heteroatoms. The normalized spacial score (nSPS) is 12.2. The van der Waals surface area contributed by atoms with E-state index >= 15 is 0 Å². The standard InChI is InChI=1S/C29H23F2N3O6S/c30-21-10-22(31)24(34-29(39)26-2-1-7-41-26)11-23(21)32-17-5-6-19-25(9-17)40-14-16-4-3-15(8-20(16)27(19)37)28(38)33-18(12-35)13-36/h1-11,18,32,35-36H,12-14H2,(H,33,38)(H,34,39). The first kappa shape index (κ1) is 27.9. The Morgan fingerprint density at radius 1 is 0.927 bits per heavy atom. The van der Waals surface area contributed by atoms with E-state index in [0.717, 1.165) is 6.07 Å². The fourth-order valence-corrected chi connectivity index (χ4v) is 4.79. The first-order chi connectivity index (χ1) is 19.8. The molecule has 1 aliphatic heterocycles. The van der Waals surface area contributed by atoms with Gasteiger partial charge in [-0.05, 0) is 41.8 Å². The minimum atomic E-state index is -0.942. The molecule has 2 heterocycles. The number of aliphatic hydroxyl groups excluding tert-OH is 2. The van der Waals surface area contributed by atoms with Crippen LogP contribution in [0.5, 0.6) is 5.75 Å². The Hall–Kier alpha value is -4.65. The number of hydrogen-bond donors (Lipinski definition) is 5. The van der Waals surface area contributed by atoms with Gasteiger partial charge in [-0.2, -0.15) is 0 Å². The molecule has 0 atom stereocenters. The Labute approximate surface area is 236 Å². The van der Waals surface area contributed by atoms with Crippen LogP contribution in [0.2, 0.25) is 0 Å². The Balaban J connectivity index is 1.37. The lowest BCUT2D eigenvalue weighted by Crippen LogP contribution is -2.40. The van der Waals surface area contributed by atoms with Crippen LogP contribution in [0.3, 0.4) is 0 Å². The fraction of sp³-hybridized carbons (Fsp3) is 0.138. The number of anilines is 3. The monoisotopic (exact) mass is 579 g/mol. The molecule has 0 aliphatic carbocycles. The molecule has 3 aromatic carbocycles. The summed E-state index contributed by atoms with van der Waals surface area (Å²) in [5.74, 6) is -3.13. The number of nitrogens with one attached hydrogen (secondary N) is 3. The quantitative estimate of drug-likeness (QED) is 0.211. The molecule has 1 aliphatic rings. The molecule has 0 fully saturated rings. The second-order valence-electron chi connectivity index (χ2n) is 9.10. The number of carbonyl (C=O) groups excluding carboxylic acids is 3. The second kappa shape index (κ2) is 11.8. The van der Waals surface area contributed by atoms with Crippen molar-refractivity contribution in [3.63, 3.8) is 0 Å². The van der Waals surface area contributed by atoms with E-state index in [4.69, 9.17) is 4.74 Å². The molecule has 0 saturated heterocycles. The summed E-state index contributed by atoms with van der Waals surface area (Å²) in [6.45, 7) is -0.883. The maximum absolute atomic E-state index is 14.6. The summed E-state index contributed by atoms with van der Waals surface area (Å²) < 4.78 is 34.9. The molecule has 210 valence electrons. The summed E-state index contributed by atoms with van der Waals surface area (Å²) in [6, 6.07) is 13.2. The van der Waals surface area contributed by atoms with E-state index in [-0.39, 0.29) is 40.4 Å². The van der Waals surface area contributed by atoms with Crippen LogP contribution >= 0.6 is 11.3 Å². The maximum Gasteiger partial charge on any atom is 0.265 e. The lowest BCUT2D eigenvalue weighted by atomic mass is 9.96. The Kier molecular flexibility index (Phi) is 8.06. The Morgan fingerprint density at radius 3 is 2.44 bits per heavy atom. The molecule has 5 N–H and O–H groups in total. The van der Waals surface area contributed by atoms with Gasteiger partial charge in [-0.1, -0.05) is 12.1 Å². The van der Waals surface area contributed by atoms with Crippen LogP contribution in [0, 0.1) is 11.6 Å². The molecule has 2 amide bonds. The van der Waals surface area contributed by atoms with Gasteiger partial charge in [-0.3, -0.25) is 14.4 Å². The molecule has 5 rings (SSSR count). The van der Waals surface area contributed by atoms with Crippen molar-refractivity contribution >= 4 is 46.0 Å². The van der Waals surface area contributed by atoms with Crippen molar-refractivity contribution in [3.05, 3.63) is 105 Å². The van der Waals surface area contributed by atoms with Crippen molar-refractivity contribution in [1.29, 1.82) is 0 Å². The number of halogens is 2. The van der Waals surface area contributed by atoms with E-state index in [9.17, 15) is 33.4 Å². The number of fused-ring (bicyclic) bond motifs is 2. The number of ether oxygens (including phenoxy) is 1. The van der Waals surface area contributed by atoms with Crippen LogP contribution in [-0.4, -0.2) is 47.1 Å². The van der Waals surface area contributed by atoms with E-state index in [1.807, 2.05) is 0 Å².